The fourth-order valence-corrected chi connectivity index (χ4v) is 4.45. The van der Waals surface area contributed by atoms with Crippen LogP contribution in [0.5, 0.6) is 0 Å². The quantitative estimate of drug-likeness (QED) is 0.281. The standard InChI is InChI=1S/C24H26Cl2N8O3/c1-14(12-28-20-7-6-19(34(36)37)24(27)31-20)29-21-8-5-18(33-10-9-32(2)13-22(33)35)23(30-21)16-4-3-15(25)11-17(16)26/h3-8,11,14H,9-10,12-13H2,1-2H3,(H,29,30)(H3,27,28,31)/t14-/m0/s1. The summed E-state index contributed by atoms with van der Waals surface area (Å²) in [4.78, 5) is 35.7. The molecule has 1 aliphatic heterocycles. The highest BCUT2D eigenvalue weighted by molar-refractivity contribution is 6.36. The van der Waals surface area contributed by atoms with Crippen LogP contribution in [0.2, 0.25) is 10.0 Å². The molecular formula is C24H26Cl2N8O3. The third kappa shape index (κ3) is 6.19. The van der Waals surface area contributed by atoms with Gasteiger partial charge in [0.2, 0.25) is 11.7 Å². The molecule has 1 aromatic carbocycles. The Bertz CT molecular complexity index is 1340. The highest BCUT2D eigenvalue weighted by atomic mass is 35.5. The van der Waals surface area contributed by atoms with Crippen molar-refractivity contribution in [1.29, 1.82) is 0 Å². The molecular weight excluding hydrogens is 519 g/mol. The van der Waals surface area contributed by atoms with Crippen molar-refractivity contribution in [1.82, 2.24) is 14.9 Å². The van der Waals surface area contributed by atoms with E-state index >= 15 is 0 Å². The molecule has 0 bridgehead atoms. The van der Waals surface area contributed by atoms with Gasteiger partial charge in [0.25, 0.3) is 0 Å². The SMILES string of the molecule is C[C@@H](CNc1ccc([N+](=O)[O-])c(N)n1)Nc1ccc(N2CCN(C)CC2=O)c(-c2ccc(Cl)cc2Cl)n1. The fraction of sp³-hybridized carbons (Fsp3) is 0.292. The van der Waals surface area contributed by atoms with E-state index in [0.717, 1.165) is 6.54 Å². The number of likely N-dealkylation sites (N-methyl/N-ethyl adjacent to an activating group) is 1. The number of anilines is 4. The average molecular weight is 545 g/mol. The molecule has 2 aromatic heterocycles. The second-order valence-electron chi connectivity index (χ2n) is 8.76. The Balaban J connectivity index is 1.56. The van der Waals surface area contributed by atoms with E-state index in [1.54, 1.807) is 23.1 Å². The van der Waals surface area contributed by atoms with Crippen molar-refractivity contribution in [3.63, 3.8) is 0 Å². The summed E-state index contributed by atoms with van der Waals surface area (Å²) in [5.41, 5.74) is 7.32. The first kappa shape index (κ1) is 26.4. The summed E-state index contributed by atoms with van der Waals surface area (Å²) in [7, 11) is 1.91. The molecule has 3 aromatic rings. The number of carbonyl (C=O) groups is 1. The van der Waals surface area contributed by atoms with E-state index in [4.69, 9.17) is 33.9 Å². The minimum Gasteiger partial charge on any atom is -0.378 e. The number of piperazine rings is 1. The van der Waals surface area contributed by atoms with Gasteiger partial charge in [0.05, 0.1) is 27.9 Å². The molecule has 0 radical (unpaired) electrons. The van der Waals surface area contributed by atoms with Crippen LogP contribution in [-0.2, 0) is 4.79 Å². The zero-order valence-electron chi connectivity index (χ0n) is 20.2. The third-order valence-corrected chi connectivity index (χ3v) is 6.39. The lowest BCUT2D eigenvalue weighted by molar-refractivity contribution is -0.384. The lowest BCUT2D eigenvalue weighted by atomic mass is 10.1. The normalized spacial score (nSPS) is 14.9. The van der Waals surface area contributed by atoms with Crippen molar-refractivity contribution >= 4 is 57.9 Å². The van der Waals surface area contributed by atoms with Crippen molar-refractivity contribution in [3.05, 3.63) is 62.6 Å². The molecule has 0 aliphatic carbocycles. The molecule has 1 fully saturated rings. The molecule has 0 saturated carbocycles. The van der Waals surface area contributed by atoms with Gasteiger partial charge in [0.1, 0.15) is 11.6 Å². The molecule has 0 unspecified atom stereocenters. The lowest BCUT2D eigenvalue weighted by Crippen LogP contribution is -2.49. The maximum Gasteiger partial charge on any atom is 0.311 e. The summed E-state index contributed by atoms with van der Waals surface area (Å²) in [6.07, 6.45) is 0. The van der Waals surface area contributed by atoms with Gasteiger partial charge in [-0.1, -0.05) is 23.2 Å². The first-order valence-electron chi connectivity index (χ1n) is 11.5. The number of rotatable bonds is 8. The minimum atomic E-state index is -0.578. The lowest BCUT2D eigenvalue weighted by Gasteiger charge is -2.33. The molecule has 1 saturated heterocycles. The van der Waals surface area contributed by atoms with Gasteiger partial charge in [0.15, 0.2) is 0 Å². The van der Waals surface area contributed by atoms with Crippen LogP contribution < -0.4 is 21.3 Å². The van der Waals surface area contributed by atoms with E-state index in [9.17, 15) is 14.9 Å². The Labute approximate surface area is 223 Å². The van der Waals surface area contributed by atoms with Gasteiger partial charge in [-0.2, -0.15) is 0 Å². The second kappa shape index (κ2) is 11.2. The molecule has 4 N–H and O–H groups in total. The molecule has 0 spiro atoms. The van der Waals surface area contributed by atoms with Crippen molar-refractivity contribution in [2.75, 3.05) is 54.5 Å². The van der Waals surface area contributed by atoms with E-state index in [2.05, 4.69) is 15.6 Å². The molecule has 11 nitrogen and oxygen atoms in total. The second-order valence-corrected chi connectivity index (χ2v) is 9.60. The van der Waals surface area contributed by atoms with E-state index in [1.807, 2.05) is 31.0 Å². The van der Waals surface area contributed by atoms with Crippen molar-refractivity contribution in [3.8, 4) is 11.3 Å². The molecule has 37 heavy (non-hydrogen) atoms. The molecule has 1 aliphatic rings. The number of nitrogens with one attached hydrogen (secondary N) is 2. The Morgan fingerprint density at radius 1 is 1.14 bits per heavy atom. The van der Waals surface area contributed by atoms with E-state index in [0.29, 0.717) is 58.3 Å². The smallest absolute Gasteiger partial charge is 0.311 e. The third-order valence-electron chi connectivity index (χ3n) is 5.85. The Morgan fingerprint density at radius 2 is 1.89 bits per heavy atom. The summed E-state index contributed by atoms with van der Waals surface area (Å²) >= 11 is 12.6. The number of nitrogen functional groups attached to an aromatic ring is 1. The van der Waals surface area contributed by atoms with Gasteiger partial charge in [-0.05, 0) is 50.4 Å². The first-order chi connectivity index (χ1) is 17.6. The highest BCUT2D eigenvalue weighted by Crippen LogP contribution is 2.37. The maximum absolute atomic E-state index is 12.8. The number of carbonyl (C=O) groups excluding carboxylic acids is 1. The summed E-state index contributed by atoms with van der Waals surface area (Å²) < 4.78 is 0. The molecule has 3 heterocycles. The number of hydrogen-bond acceptors (Lipinski definition) is 9. The summed E-state index contributed by atoms with van der Waals surface area (Å²) in [6.45, 7) is 3.97. The number of halogens is 2. The zero-order valence-corrected chi connectivity index (χ0v) is 21.8. The van der Waals surface area contributed by atoms with Crippen LogP contribution in [-0.4, -0.2) is 65.0 Å². The van der Waals surface area contributed by atoms with Gasteiger partial charge < -0.3 is 21.3 Å². The molecule has 4 rings (SSSR count). The van der Waals surface area contributed by atoms with Crippen LogP contribution in [0.4, 0.5) is 28.8 Å². The number of hydrogen-bond donors (Lipinski definition) is 3. The van der Waals surface area contributed by atoms with Crippen LogP contribution in [0, 0.1) is 10.1 Å². The predicted molar refractivity (Wildman–Crippen MR) is 146 cm³/mol. The van der Waals surface area contributed by atoms with Crippen LogP contribution in [0.3, 0.4) is 0 Å². The Kier molecular flexibility index (Phi) is 7.96. The number of nitrogens with zero attached hydrogens (tertiary/aromatic N) is 5. The summed E-state index contributed by atoms with van der Waals surface area (Å²) in [5.74, 6) is 0.824. The van der Waals surface area contributed by atoms with Gasteiger partial charge in [0, 0.05) is 42.3 Å². The van der Waals surface area contributed by atoms with Crippen LogP contribution in [0.15, 0.2) is 42.5 Å². The number of aromatic nitrogens is 2. The fourth-order valence-electron chi connectivity index (χ4n) is 3.96. The maximum atomic E-state index is 12.8. The largest absolute Gasteiger partial charge is 0.378 e. The van der Waals surface area contributed by atoms with Crippen LogP contribution in [0.25, 0.3) is 11.3 Å². The monoisotopic (exact) mass is 544 g/mol. The molecule has 194 valence electrons. The van der Waals surface area contributed by atoms with Crippen LogP contribution in [0.1, 0.15) is 6.92 Å². The topological polar surface area (TPSA) is 143 Å². The number of nitro groups is 1. The average Bonchev–Trinajstić information content (AvgIpc) is 2.83. The highest BCUT2D eigenvalue weighted by Gasteiger charge is 2.27. The van der Waals surface area contributed by atoms with Gasteiger partial charge in [-0.3, -0.25) is 19.8 Å². The van der Waals surface area contributed by atoms with E-state index in [1.165, 1.54) is 12.1 Å². The van der Waals surface area contributed by atoms with E-state index < -0.39 is 4.92 Å². The minimum absolute atomic E-state index is 0.0185. The van der Waals surface area contributed by atoms with Gasteiger partial charge in [-0.15, -0.1) is 0 Å². The number of benzene rings is 1. The summed E-state index contributed by atoms with van der Waals surface area (Å²) in [5, 5.41) is 18.3. The van der Waals surface area contributed by atoms with Crippen LogP contribution >= 0.6 is 23.2 Å². The number of nitrogens with two attached hydrogens (primary N) is 1. The first-order valence-corrected chi connectivity index (χ1v) is 12.2. The predicted octanol–water partition coefficient (Wildman–Crippen LogP) is 4.13. The Hall–Kier alpha value is -3.67. The molecule has 1 amide bonds. The van der Waals surface area contributed by atoms with Crippen molar-refractivity contribution in [2.24, 2.45) is 0 Å². The molecule has 1 atom stereocenters. The summed E-state index contributed by atoms with van der Waals surface area (Å²) in [6, 6.07) is 11.5. The van der Waals surface area contributed by atoms with Crippen molar-refractivity contribution in [2.45, 2.75) is 13.0 Å². The number of pyridine rings is 2. The molecule has 13 heteroatoms. The zero-order chi connectivity index (χ0) is 26.7. The van der Waals surface area contributed by atoms with Crippen molar-refractivity contribution < 1.29 is 9.72 Å². The van der Waals surface area contributed by atoms with E-state index in [-0.39, 0.29) is 23.5 Å². The van der Waals surface area contributed by atoms with Gasteiger partial charge in [-0.25, -0.2) is 9.97 Å². The Morgan fingerprint density at radius 3 is 2.57 bits per heavy atom. The number of amides is 1. The van der Waals surface area contributed by atoms with Gasteiger partial charge >= 0.3 is 5.69 Å².